The third kappa shape index (κ3) is 1.34. The lowest BCUT2D eigenvalue weighted by atomic mass is 9.78. The summed E-state index contributed by atoms with van der Waals surface area (Å²) in [5.41, 5.74) is 6.42. The molecule has 2 bridgehead atoms. The fraction of sp³-hybridized carbons (Fsp3) is 0.429. The van der Waals surface area contributed by atoms with Gasteiger partial charge in [0, 0.05) is 5.54 Å². The van der Waals surface area contributed by atoms with Crippen molar-refractivity contribution in [1.29, 1.82) is 0 Å². The van der Waals surface area contributed by atoms with Crippen LogP contribution in [0.5, 0.6) is 0 Å². The molecule has 4 unspecified atom stereocenters. The summed E-state index contributed by atoms with van der Waals surface area (Å²) in [7, 11) is 0. The first-order chi connectivity index (χ1) is 10.5. The van der Waals surface area contributed by atoms with E-state index in [2.05, 4.69) is 74.6 Å². The van der Waals surface area contributed by atoms with Crippen LogP contribution in [0.25, 0.3) is 0 Å². The van der Waals surface area contributed by atoms with Gasteiger partial charge in [0.15, 0.2) is 0 Å². The molecule has 1 saturated carbocycles. The second-order valence-electron chi connectivity index (χ2n) is 8.20. The van der Waals surface area contributed by atoms with E-state index < -0.39 is 0 Å². The highest BCUT2D eigenvalue weighted by Gasteiger charge is 2.60. The number of fused-ring (bicyclic) bond motifs is 9. The van der Waals surface area contributed by atoms with Gasteiger partial charge in [0.05, 0.1) is 5.54 Å². The van der Waals surface area contributed by atoms with E-state index in [-0.39, 0.29) is 11.1 Å². The fourth-order valence-electron chi connectivity index (χ4n) is 5.45. The zero-order valence-corrected chi connectivity index (χ0v) is 13.6. The van der Waals surface area contributed by atoms with Crippen LogP contribution in [0.1, 0.15) is 55.9 Å². The molecule has 1 fully saturated rings. The smallest absolute Gasteiger partial charge is 0.0674 e. The third-order valence-electron chi connectivity index (χ3n) is 6.73. The molecule has 112 valence electrons. The topological polar surface area (TPSA) is 12.0 Å². The van der Waals surface area contributed by atoms with Crippen LogP contribution in [0.4, 0.5) is 0 Å². The van der Waals surface area contributed by atoms with Crippen LogP contribution in [0.2, 0.25) is 0 Å². The van der Waals surface area contributed by atoms with E-state index in [4.69, 9.17) is 0 Å². The molecule has 2 aromatic carbocycles. The number of rotatable bonds is 0. The van der Waals surface area contributed by atoms with Crippen LogP contribution in [-0.4, -0.2) is 0 Å². The molecule has 22 heavy (non-hydrogen) atoms. The number of hydrogen-bond donors (Lipinski definition) is 1. The van der Waals surface area contributed by atoms with Gasteiger partial charge in [-0.1, -0.05) is 55.5 Å². The molecule has 0 aromatic heterocycles. The lowest BCUT2D eigenvalue weighted by Gasteiger charge is -2.38. The summed E-state index contributed by atoms with van der Waals surface area (Å²) in [5.74, 6) is 0.793. The molecule has 1 heteroatoms. The van der Waals surface area contributed by atoms with E-state index in [1.807, 2.05) is 0 Å². The molecule has 2 heterocycles. The normalized spacial score (nSPS) is 41.0. The zero-order chi connectivity index (χ0) is 15.2. The largest absolute Gasteiger partial charge is 0.294 e. The first-order valence-corrected chi connectivity index (χ1v) is 8.47. The quantitative estimate of drug-likeness (QED) is 0.755. The first kappa shape index (κ1) is 12.9. The highest BCUT2D eigenvalue weighted by molar-refractivity contribution is 5.56. The number of benzene rings is 2. The lowest BCUT2D eigenvalue weighted by Crippen LogP contribution is -2.47. The van der Waals surface area contributed by atoms with Crippen molar-refractivity contribution in [2.24, 2.45) is 5.92 Å². The molecular weight excluding hydrogens is 266 g/mol. The van der Waals surface area contributed by atoms with Crippen LogP contribution < -0.4 is 5.32 Å². The Morgan fingerprint density at radius 3 is 2.00 bits per heavy atom. The maximum absolute atomic E-state index is 4.04. The van der Waals surface area contributed by atoms with Gasteiger partial charge in [-0.3, -0.25) is 5.32 Å². The van der Waals surface area contributed by atoms with Crippen molar-refractivity contribution in [2.75, 3.05) is 0 Å². The van der Waals surface area contributed by atoms with E-state index in [0.717, 1.165) is 5.92 Å². The monoisotopic (exact) mass is 289 g/mol. The van der Waals surface area contributed by atoms with Crippen molar-refractivity contribution in [2.45, 2.75) is 50.1 Å². The van der Waals surface area contributed by atoms with E-state index in [1.54, 1.807) is 5.56 Å². The minimum Gasteiger partial charge on any atom is -0.294 e. The highest BCUT2D eigenvalue weighted by Crippen LogP contribution is 2.64. The standard InChI is InChI=1S/C21H23N/c1-19-12-14(19)13-20(2)16-9-5-7-11-18(16)21(3,22-20)17-10-6-4-8-15(17)19/h4-11,14,22H,12-13H2,1-3H3. The maximum atomic E-state index is 4.04. The van der Waals surface area contributed by atoms with E-state index >= 15 is 0 Å². The van der Waals surface area contributed by atoms with Gasteiger partial charge in [-0.05, 0) is 60.3 Å². The second kappa shape index (κ2) is 3.65. The Kier molecular flexibility index (Phi) is 2.14. The maximum Gasteiger partial charge on any atom is 0.0674 e. The van der Waals surface area contributed by atoms with Crippen LogP contribution >= 0.6 is 0 Å². The SMILES string of the molecule is CC12CC3CC3(C)c3ccccc3C(C)(N1)c1ccccc12. The lowest BCUT2D eigenvalue weighted by molar-refractivity contribution is 0.267. The van der Waals surface area contributed by atoms with Gasteiger partial charge in [-0.2, -0.15) is 0 Å². The highest BCUT2D eigenvalue weighted by atomic mass is 15.1. The van der Waals surface area contributed by atoms with E-state index in [1.165, 1.54) is 29.5 Å². The summed E-state index contributed by atoms with van der Waals surface area (Å²) >= 11 is 0. The number of nitrogens with one attached hydrogen (secondary N) is 1. The summed E-state index contributed by atoms with van der Waals surface area (Å²) in [6, 6.07) is 18.2. The molecule has 0 saturated heterocycles. The Balaban J connectivity index is 1.87. The van der Waals surface area contributed by atoms with Crippen LogP contribution in [-0.2, 0) is 16.5 Å². The van der Waals surface area contributed by atoms with Crippen LogP contribution in [0.3, 0.4) is 0 Å². The minimum atomic E-state index is -0.0709. The van der Waals surface area contributed by atoms with Crippen molar-refractivity contribution >= 4 is 0 Å². The summed E-state index contributed by atoms with van der Waals surface area (Å²) < 4.78 is 0. The molecule has 2 aliphatic heterocycles. The van der Waals surface area contributed by atoms with Crippen molar-refractivity contribution in [3.8, 4) is 0 Å². The Morgan fingerprint density at radius 1 is 0.773 bits per heavy atom. The predicted molar refractivity (Wildman–Crippen MR) is 89.9 cm³/mol. The zero-order valence-electron chi connectivity index (χ0n) is 13.6. The molecule has 0 spiro atoms. The molecular formula is C21H23N. The molecule has 1 nitrogen and oxygen atoms in total. The van der Waals surface area contributed by atoms with Crippen molar-refractivity contribution < 1.29 is 0 Å². The third-order valence-corrected chi connectivity index (χ3v) is 6.73. The van der Waals surface area contributed by atoms with Gasteiger partial charge in [-0.15, -0.1) is 0 Å². The fourth-order valence-corrected chi connectivity index (χ4v) is 5.45. The van der Waals surface area contributed by atoms with Crippen molar-refractivity contribution in [3.05, 3.63) is 70.8 Å². The summed E-state index contributed by atoms with van der Waals surface area (Å²) in [5, 5.41) is 4.04. The Morgan fingerprint density at radius 2 is 1.32 bits per heavy atom. The van der Waals surface area contributed by atoms with Gasteiger partial charge in [0.25, 0.3) is 0 Å². The summed E-state index contributed by atoms with van der Waals surface area (Å²) in [6.45, 7) is 7.25. The molecule has 3 aliphatic rings. The van der Waals surface area contributed by atoms with E-state index in [9.17, 15) is 0 Å². The first-order valence-electron chi connectivity index (χ1n) is 8.47. The molecule has 5 rings (SSSR count). The van der Waals surface area contributed by atoms with E-state index in [0.29, 0.717) is 5.41 Å². The molecule has 0 radical (unpaired) electrons. The summed E-state index contributed by atoms with van der Waals surface area (Å²) in [4.78, 5) is 0. The summed E-state index contributed by atoms with van der Waals surface area (Å²) in [6.07, 6.45) is 2.57. The van der Waals surface area contributed by atoms with Crippen LogP contribution in [0.15, 0.2) is 48.5 Å². The Bertz CT molecular complexity index is 794. The number of hydrogen-bond acceptors (Lipinski definition) is 1. The Hall–Kier alpha value is -1.60. The van der Waals surface area contributed by atoms with Gasteiger partial charge in [0.2, 0.25) is 0 Å². The van der Waals surface area contributed by atoms with Gasteiger partial charge >= 0.3 is 0 Å². The molecule has 4 atom stereocenters. The van der Waals surface area contributed by atoms with Crippen LogP contribution in [0, 0.1) is 5.92 Å². The average Bonchev–Trinajstić information content (AvgIpc) is 3.09. The Labute approximate surface area is 132 Å². The van der Waals surface area contributed by atoms with Gasteiger partial charge in [-0.25, -0.2) is 0 Å². The van der Waals surface area contributed by atoms with Gasteiger partial charge in [0.1, 0.15) is 0 Å². The minimum absolute atomic E-state index is 0.0709. The second-order valence-corrected chi connectivity index (χ2v) is 8.20. The van der Waals surface area contributed by atoms with Gasteiger partial charge < -0.3 is 0 Å². The molecule has 0 amide bonds. The molecule has 1 N–H and O–H groups in total. The average molecular weight is 289 g/mol. The molecule has 2 aromatic rings. The van der Waals surface area contributed by atoms with Crippen molar-refractivity contribution in [3.63, 3.8) is 0 Å². The molecule has 1 aliphatic carbocycles. The predicted octanol–water partition coefficient (Wildman–Crippen LogP) is 4.45. The van der Waals surface area contributed by atoms with Crippen molar-refractivity contribution in [1.82, 2.24) is 5.32 Å².